The van der Waals surface area contributed by atoms with Crippen LogP contribution in [0.4, 0.5) is 11.4 Å². The molecule has 0 aromatic heterocycles. The average molecular weight is 366 g/mol. The van der Waals surface area contributed by atoms with Crippen molar-refractivity contribution >= 4 is 40.7 Å². The number of fused-ring (bicyclic) bond motifs is 1. The Morgan fingerprint density at radius 1 is 1.20 bits per heavy atom. The molecule has 3 rings (SSSR count). The molecule has 0 bridgehead atoms. The molecule has 0 spiro atoms. The van der Waals surface area contributed by atoms with Crippen LogP contribution in [0.5, 0.6) is 5.75 Å². The van der Waals surface area contributed by atoms with Gasteiger partial charge in [0.15, 0.2) is 6.61 Å². The van der Waals surface area contributed by atoms with Crippen LogP contribution in [0.2, 0.25) is 0 Å². The van der Waals surface area contributed by atoms with Crippen LogP contribution in [0.3, 0.4) is 0 Å². The van der Waals surface area contributed by atoms with Gasteiger partial charge in [0, 0.05) is 18.8 Å². The summed E-state index contributed by atoms with van der Waals surface area (Å²) >= 11 is 5.50. The molecule has 1 aromatic rings. The Kier molecular flexibility index (Phi) is 5.43. The number of likely N-dealkylation sites (tertiary alicyclic amines) is 1. The predicted molar refractivity (Wildman–Crippen MR) is 94.1 cm³/mol. The fourth-order valence-corrected chi connectivity index (χ4v) is 3.09. The summed E-state index contributed by atoms with van der Waals surface area (Å²) in [6.45, 7) is 1.34. The summed E-state index contributed by atoms with van der Waals surface area (Å²) in [7, 11) is 0. The highest BCUT2D eigenvalue weighted by Crippen LogP contribution is 2.34. The smallest absolute Gasteiger partial charge is 0.265 e. The molecular weight excluding hydrogens is 346 g/mol. The van der Waals surface area contributed by atoms with E-state index in [0.717, 1.165) is 32.4 Å². The maximum Gasteiger partial charge on any atom is 0.265 e. The van der Waals surface area contributed by atoms with Crippen molar-refractivity contribution < 1.29 is 19.1 Å². The normalized spacial score (nSPS) is 16.9. The van der Waals surface area contributed by atoms with Crippen molar-refractivity contribution in [2.45, 2.75) is 19.3 Å². The number of hydrogen-bond donors (Lipinski definition) is 1. The summed E-state index contributed by atoms with van der Waals surface area (Å²) in [5, 5.41) is 2.63. The summed E-state index contributed by atoms with van der Waals surface area (Å²) in [4.78, 5) is 39.5. The number of alkyl halides is 1. The average Bonchev–Trinajstić information content (AvgIpc) is 2.64. The second-order valence-electron chi connectivity index (χ2n) is 6.07. The first-order valence-corrected chi connectivity index (χ1v) is 8.83. The molecule has 8 heteroatoms. The van der Waals surface area contributed by atoms with Crippen LogP contribution in [0.15, 0.2) is 18.2 Å². The lowest BCUT2D eigenvalue weighted by atomic mass is 10.1. The molecule has 7 nitrogen and oxygen atoms in total. The van der Waals surface area contributed by atoms with E-state index in [2.05, 4.69) is 5.32 Å². The number of carbonyl (C=O) groups excluding carboxylic acids is 3. The molecular formula is C17H20ClN3O4. The molecule has 2 aliphatic heterocycles. The number of nitrogens with one attached hydrogen (secondary N) is 1. The van der Waals surface area contributed by atoms with Gasteiger partial charge in [-0.1, -0.05) is 0 Å². The Morgan fingerprint density at radius 3 is 2.68 bits per heavy atom. The molecule has 3 amide bonds. The molecule has 2 aliphatic rings. The minimum atomic E-state index is -0.347. The highest BCUT2D eigenvalue weighted by atomic mass is 35.5. The van der Waals surface area contributed by atoms with E-state index in [-0.39, 0.29) is 36.8 Å². The second-order valence-corrected chi connectivity index (χ2v) is 6.34. The zero-order valence-corrected chi connectivity index (χ0v) is 14.6. The Hall–Kier alpha value is -2.28. The molecule has 0 unspecified atom stereocenters. The first-order valence-electron chi connectivity index (χ1n) is 8.29. The molecule has 1 saturated heterocycles. The van der Waals surface area contributed by atoms with E-state index in [4.69, 9.17) is 16.3 Å². The molecule has 1 N–H and O–H groups in total. The third-order valence-electron chi connectivity index (χ3n) is 4.31. The fourth-order valence-electron chi connectivity index (χ4n) is 3.03. The summed E-state index contributed by atoms with van der Waals surface area (Å²) in [6.07, 6.45) is 3.12. The number of halogens is 1. The van der Waals surface area contributed by atoms with E-state index in [0.29, 0.717) is 17.1 Å². The van der Waals surface area contributed by atoms with Crippen molar-refractivity contribution in [3.05, 3.63) is 18.2 Å². The molecule has 0 radical (unpaired) electrons. The third kappa shape index (κ3) is 4.04. The number of hydrogen-bond acceptors (Lipinski definition) is 4. The number of piperidine rings is 1. The van der Waals surface area contributed by atoms with Crippen LogP contribution in [-0.2, 0) is 14.4 Å². The molecule has 25 heavy (non-hydrogen) atoms. The monoisotopic (exact) mass is 365 g/mol. The number of benzene rings is 1. The van der Waals surface area contributed by atoms with Gasteiger partial charge in [-0.15, -0.1) is 11.6 Å². The van der Waals surface area contributed by atoms with Crippen molar-refractivity contribution in [2.75, 3.05) is 42.3 Å². The van der Waals surface area contributed by atoms with Crippen LogP contribution in [0, 0.1) is 0 Å². The highest BCUT2D eigenvalue weighted by molar-refractivity contribution is 6.29. The Balaban J connectivity index is 1.80. The number of carbonyl (C=O) groups is 3. The van der Waals surface area contributed by atoms with Gasteiger partial charge in [-0.3, -0.25) is 19.3 Å². The molecule has 2 heterocycles. The molecule has 0 saturated carbocycles. The van der Waals surface area contributed by atoms with E-state index in [1.54, 1.807) is 23.1 Å². The number of anilines is 2. The van der Waals surface area contributed by atoms with Gasteiger partial charge in [0.05, 0.1) is 5.69 Å². The summed E-state index contributed by atoms with van der Waals surface area (Å²) in [5.74, 6) is -0.353. The van der Waals surface area contributed by atoms with Crippen LogP contribution in [-0.4, -0.2) is 54.7 Å². The van der Waals surface area contributed by atoms with E-state index >= 15 is 0 Å². The van der Waals surface area contributed by atoms with Crippen molar-refractivity contribution in [3.63, 3.8) is 0 Å². The second kappa shape index (κ2) is 7.74. The van der Waals surface area contributed by atoms with Crippen LogP contribution >= 0.6 is 11.6 Å². The number of amides is 3. The van der Waals surface area contributed by atoms with Crippen LogP contribution < -0.4 is 15.0 Å². The van der Waals surface area contributed by atoms with Crippen LogP contribution in [0.25, 0.3) is 0 Å². The van der Waals surface area contributed by atoms with E-state index < -0.39 is 0 Å². The van der Waals surface area contributed by atoms with Gasteiger partial charge in [0.2, 0.25) is 11.8 Å². The maximum atomic E-state index is 12.5. The molecule has 1 aromatic carbocycles. The van der Waals surface area contributed by atoms with Crippen molar-refractivity contribution in [1.29, 1.82) is 0 Å². The van der Waals surface area contributed by atoms with Crippen molar-refractivity contribution in [2.24, 2.45) is 0 Å². The minimum Gasteiger partial charge on any atom is -0.482 e. The standard InChI is InChI=1S/C17H20ClN3O4/c18-9-15(22)19-12-4-5-14-13(8-12)21(17(24)11-25-14)10-16(23)20-6-2-1-3-7-20/h4-5,8H,1-3,6-7,9-11H2,(H,19,22). The molecule has 1 fully saturated rings. The number of nitrogens with zero attached hydrogens (tertiary/aromatic N) is 2. The summed E-state index contributed by atoms with van der Waals surface area (Å²) < 4.78 is 5.42. The molecule has 134 valence electrons. The van der Waals surface area contributed by atoms with Gasteiger partial charge in [0.1, 0.15) is 18.2 Å². The van der Waals surface area contributed by atoms with Crippen molar-refractivity contribution in [1.82, 2.24) is 4.90 Å². The van der Waals surface area contributed by atoms with E-state index in [1.807, 2.05) is 0 Å². The zero-order chi connectivity index (χ0) is 17.8. The van der Waals surface area contributed by atoms with Crippen molar-refractivity contribution in [3.8, 4) is 5.75 Å². The molecule has 0 aliphatic carbocycles. The number of rotatable bonds is 4. The zero-order valence-electron chi connectivity index (χ0n) is 13.8. The van der Waals surface area contributed by atoms with Gasteiger partial charge < -0.3 is 15.0 Å². The lowest BCUT2D eigenvalue weighted by Crippen LogP contribution is -2.47. The SMILES string of the molecule is O=C(CCl)Nc1ccc2c(c1)N(CC(=O)N1CCCCC1)C(=O)CO2. The first kappa shape index (κ1) is 17.5. The Bertz CT molecular complexity index is 688. The van der Waals surface area contributed by atoms with Crippen LogP contribution in [0.1, 0.15) is 19.3 Å². The topological polar surface area (TPSA) is 79.0 Å². The summed E-state index contributed by atoms with van der Waals surface area (Å²) in [5.41, 5.74) is 0.979. The quantitative estimate of drug-likeness (QED) is 0.822. The summed E-state index contributed by atoms with van der Waals surface area (Å²) in [6, 6.07) is 4.97. The minimum absolute atomic E-state index is 0.0257. The van der Waals surface area contributed by atoms with Gasteiger partial charge >= 0.3 is 0 Å². The van der Waals surface area contributed by atoms with Gasteiger partial charge in [0.25, 0.3) is 5.91 Å². The lowest BCUT2D eigenvalue weighted by Gasteiger charge is -2.33. The Labute approximate surface area is 150 Å². The van der Waals surface area contributed by atoms with Gasteiger partial charge in [-0.05, 0) is 37.5 Å². The van der Waals surface area contributed by atoms with E-state index in [1.165, 1.54) is 4.90 Å². The Morgan fingerprint density at radius 2 is 1.96 bits per heavy atom. The van der Waals surface area contributed by atoms with Gasteiger partial charge in [-0.25, -0.2) is 0 Å². The molecule has 0 atom stereocenters. The third-order valence-corrected chi connectivity index (χ3v) is 4.55. The maximum absolute atomic E-state index is 12.5. The largest absolute Gasteiger partial charge is 0.482 e. The highest BCUT2D eigenvalue weighted by Gasteiger charge is 2.29. The van der Waals surface area contributed by atoms with Gasteiger partial charge in [-0.2, -0.15) is 0 Å². The first-order chi connectivity index (χ1) is 12.1. The predicted octanol–water partition coefficient (Wildman–Crippen LogP) is 1.60. The number of ether oxygens (including phenoxy) is 1. The fraction of sp³-hybridized carbons (Fsp3) is 0.471. The lowest BCUT2D eigenvalue weighted by molar-refractivity contribution is -0.132. The van der Waals surface area contributed by atoms with E-state index in [9.17, 15) is 14.4 Å².